The number of halogens is 1. The molecule has 0 aliphatic carbocycles. The molecule has 7 heteroatoms. The second-order valence-electron chi connectivity index (χ2n) is 6.09. The molecule has 0 saturated heterocycles. The highest BCUT2D eigenvalue weighted by Gasteiger charge is 2.26. The molecule has 0 bridgehead atoms. The maximum Gasteiger partial charge on any atom is 0.239 e. The van der Waals surface area contributed by atoms with Crippen molar-refractivity contribution in [1.29, 1.82) is 0 Å². The molecule has 2 N–H and O–H groups in total. The van der Waals surface area contributed by atoms with Crippen molar-refractivity contribution in [1.82, 2.24) is 5.32 Å². The number of carbonyl (C=O) groups is 1. The van der Waals surface area contributed by atoms with Gasteiger partial charge in [-0.2, -0.15) is 0 Å². The van der Waals surface area contributed by atoms with Gasteiger partial charge in [0.2, 0.25) is 15.7 Å². The van der Waals surface area contributed by atoms with Crippen LogP contribution in [0, 0.1) is 13.8 Å². The topological polar surface area (TPSA) is 75.3 Å². The average molecular weight is 395 g/mol. The zero-order chi connectivity index (χ0) is 19.3. The van der Waals surface area contributed by atoms with E-state index in [-0.39, 0.29) is 27.3 Å². The van der Waals surface area contributed by atoms with E-state index in [0.29, 0.717) is 17.8 Å². The van der Waals surface area contributed by atoms with Crippen LogP contribution in [-0.4, -0.2) is 27.4 Å². The summed E-state index contributed by atoms with van der Waals surface area (Å²) in [5.74, 6) is -0.206. The van der Waals surface area contributed by atoms with Crippen LogP contribution in [0.25, 0.3) is 0 Å². The quantitative estimate of drug-likeness (QED) is 0.750. The van der Waals surface area contributed by atoms with E-state index < -0.39 is 9.84 Å². The fourth-order valence-electron chi connectivity index (χ4n) is 2.39. The molecule has 0 unspecified atom stereocenters. The van der Waals surface area contributed by atoms with Gasteiger partial charge in [0.25, 0.3) is 0 Å². The molecule has 0 radical (unpaired) electrons. The number of hydrogen-bond acceptors (Lipinski definition) is 4. The van der Waals surface area contributed by atoms with E-state index >= 15 is 0 Å². The van der Waals surface area contributed by atoms with E-state index in [1.165, 1.54) is 0 Å². The number of nitrogens with one attached hydrogen (secondary N) is 2. The molecule has 0 saturated carbocycles. The molecular weight excluding hydrogens is 372 g/mol. The summed E-state index contributed by atoms with van der Waals surface area (Å²) in [7, 11) is -3.83. The van der Waals surface area contributed by atoms with Crippen molar-refractivity contribution in [3.8, 4) is 0 Å². The molecule has 5 nitrogen and oxygen atoms in total. The van der Waals surface area contributed by atoms with Crippen LogP contribution >= 0.6 is 11.6 Å². The summed E-state index contributed by atoms with van der Waals surface area (Å²) < 4.78 is 26.3. The molecule has 0 spiro atoms. The first-order valence-electron chi connectivity index (χ1n) is 8.38. The van der Waals surface area contributed by atoms with Gasteiger partial charge in [-0.25, -0.2) is 8.42 Å². The monoisotopic (exact) mass is 394 g/mol. The summed E-state index contributed by atoms with van der Waals surface area (Å²) >= 11 is 6.34. The minimum atomic E-state index is -3.83. The van der Waals surface area contributed by atoms with Crippen molar-refractivity contribution < 1.29 is 13.2 Å². The molecule has 2 aromatic rings. The summed E-state index contributed by atoms with van der Waals surface area (Å²) in [6.45, 7) is 6.13. The molecule has 0 atom stereocenters. The van der Waals surface area contributed by atoms with Crippen LogP contribution in [0.5, 0.6) is 0 Å². The molecule has 0 aliphatic rings. The summed E-state index contributed by atoms with van der Waals surface area (Å²) in [5, 5.41) is 5.80. The van der Waals surface area contributed by atoms with Gasteiger partial charge in [0.15, 0.2) is 0 Å². The Balaban J connectivity index is 2.41. The molecular formula is C19H23ClN2O3S. The molecule has 2 rings (SSSR count). The molecule has 0 aliphatic heterocycles. The smallest absolute Gasteiger partial charge is 0.239 e. The Morgan fingerprint density at radius 3 is 2.35 bits per heavy atom. The minimum Gasteiger partial charge on any atom is -0.375 e. The van der Waals surface area contributed by atoms with Crippen molar-refractivity contribution in [2.24, 2.45) is 0 Å². The Morgan fingerprint density at radius 1 is 1.08 bits per heavy atom. The lowest BCUT2D eigenvalue weighted by atomic mass is 10.2. The van der Waals surface area contributed by atoms with Crippen LogP contribution in [-0.2, 0) is 14.6 Å². The first kappa shape index (κ1) is 20.3. The highest BCUT2D eigenvalue weighted by Crippen LogP contribution is 2.36. The Kier molecular flexibility index (Phi) is 6.67. The van der Waals surface area contributed by atoms with E-state index in [1.54, 1.807) is 43.3 Å². The number of sulfone groups is 1. The van der Waals surface area contributed by atoms with Crippen LogP contribution in [0.4, 0.5) is 5.69 Å². The predicted molar refractivity (Wildman–Crippen MR) is 105 cm³/mol. The van der Waals surface area contributed by atoms with E-state index in [1.807, 2.05) is 13.8 Å². The van der Waals surface area contributed by atoms with Crippen LogP contribution < -0.4 is 10.6 Å². The fraction of sp³-hybridized carbons (Fsp3) is 0.316. The fourth-order valence-corrected chi connectivity index (χ4v) is 4.42. The summed E-state index contributed by atoms with van der Waals surface area (Å²) in [6.07, 6.45) is 0.829. The van der Waals surface area contributed by atoms with E-state index in [2.05, 4.69) is 10.6 Å². The zero-order valence-electron chi connectivity index (χ0n) is 15.1. The van der Waals surface area contributed by atoms with Gasteiger partial charge in [-0.3, -0.25) is 4.79 Å². The summed E-state index contributed by atoms with van der Waals surface area (Å²) in [5.41, 5.74) is 1.93. The van der Waals surface area contributed by atoms with Crippen LogP contribution in [0.3, 0.4) is 0 Å². The number of hydrogen-bond donors (Lipinski definition) is 2. The SMILES string of the molecule is CCCNC(=O)CNc1ccc(C)c(Cl)c1S(=O)(=O)c1ccc(C)cc1. The lowest BCUT2D eigenvalue weighted by Gasteiger charge is -2.16. The van der Waals surface area contributed by atoms with Gasteiger partial charge in [-0.15, -0.1) is 0 Å². The second-order valence-corrected chi connectivity index (χ2v) is 8.36. The molecule has 2 aromatic carbocycles. The Morgan fingerprint density at radius 2 is 1.73 bits per heavy atom. The Hall–Kier alpha value is -2.05. The molecule has 0 heterocycles. The average Bonchev–Trinajstić information content (AvgIpc) is 2.61. The van der Waals surface area contributed by atoms with Crippen molar-refractivity contribution in [2.75, 3.05) is 18.4 Å². The Bertz CT molecular complexity index is 894. The molecule has 140 valence electrons. The third-order valence-electron chi connectivity index (χ3n) is 3.90. The first-order chi connectivity index (χ1) is 12.3. The van der Waals surface area contributed by atoms with E-state index in [4.69, 9.17) is 11.6 Å². The lowest BCUT2D eigenvalue weighted by molar-refractivity contribution is -0.119. The van der Waals surface area contributed by atoms with Crippen molar-refractivity contribution in [3.05, 3.63) is 52.5 Å². The third kappa shape index (κ3) is 4.56. The second kappa shape index (κ2) is 8.56. The van der Waals surface area contributed by atoms with Gasteiger partial charge in [0, 0.05) is 6.54 Å². The van der Waals surface area contributed by atoms with Gasteiger partial charge in [-0.1, -0.05) is 42.3 Å². The van der Waals surface area contributed by atoms with E-state index in [9.17, 15) is 13.2 Å². The molecule has 1 amide bonds. The van der Waals surface area contributed by atoms with E-state index in [0.717, 1.165) is 12.0 Å². The van der Waals surface area contributed by atoms with Gasteiger partial charge in [0.05, 0.1) is 22.2 Å². The third-order valence-corrected chi connectivity index (χ3v) is 6.36. The number of amides is 1. The number of aryl methyl sites for hydroxylation is 2. The van der Waals surface area contributed by atoms with Crippen molar-refractivity contribution in [3.63, 3.8) is 0 Å². The van der Waals surface area contributed by atoms with Gasteiger partial charge in [-0.05, 0) is 44.0 Å². The van der Waals surface area contributed by atoms with Crippen LogP contribution in [0.1, 0.15) is 24.5 Å². The van der Waals surface area contributed by atoms with Gasteiger partial charge >= 0.3 is 0 Å². The van der Waals surface area contributed by atoms with Crippen LogP contribution in [0.15, 0.2) is 46.2 Å². The van der Waals surface area contributed by atoms with Gasteiger partial charge < -0.3 is 10.6 Å². The summed E-state index contributed by atoms with van der Waals surface area (Å²) in [6, 6.07) is 9.95. The normalized spacial score (nSPS) is 11.2. The number of carbonyl (C=O) groups excluding carboxylic acids is 1. The lowest BCUT2D eigenvalue weighted by Crippen LogP contribution is -2.30. The molecule has 26 heavy (non-hydrogen) atoms. The zero-order valence-corrected chi connectivity index (χ0v) is 16.7. The maximum atomic E-state index is 13.1. The molecule has 0 aromatic heterocycles. The first-order valence-corrected chi connectivity index (χ1v) is 10.2. The standard InChI is InChI=1S/C19H23ClN2O3S/c1-4-11-21-17(23)12-22-16-10-7-14(3)18(20)19(16)26(24,25)15-8-5-13(2)6-9-15/h5-10,22H,4,11-12H2,1-3H3,(H,21,23). The maximum absolute atomic E-state index is 13.1. The van der Waals surface area contributed by atoms with Gasteiger partial charge in [0.1, 0.15) is 4.90 Å². The number of benzene rings is 2. The highest BCUT2D eigenvalue weighted by atomic mass is 35.5. The van der Waals surface area contributed by atoms with Crippen molar-refractivity contribution >= 4 is 33.0 Å². The van der Waals surface area contributed by atoms with Crippen molar-refractivity contribution in [2.45, 2.75) is 37.0 Å². The number of rotatable bonds is 7. The summed E-state index contributed by atoms with van der Waals surface area (Å²) in [4.78, 5) is 12.0. The van der Waals surface area contributed by atoms with Crippen LogP contribution in [0.2, 0.25) is 5.02 Å². The minimum absolute atomic E-state index is 0.00805. The Labute approximate surface area is 159 Å². The predicted octanol–water partition coefficient (Wildman–Crippen LogP) is 3.73. The molecule has 0 fully saturated rings. The number of anilines is 1. The highest BCUT2D eigenvalue weighted by molar-refractivity contribution is 7.91. The largest absolute Gasteiger partial charge is 0.375 e.